The van der Waals surface area contributed by atoms with E-state index in [9.17, 15) is 4.79 Å². The number of thiol groups is 1. The smallest absolute Gasteiger partial charge is 0.305 e. The van der Waals surface area contributed by atoms with Crippen LogP contribution in [0.1, 0.15) is 58.8 Å². The van der Waals surface area contributed by atoms with E-state index in [-0.39, 0.29) is 5.97 Å². The molecule has 0 aromatic carbocycles. The molecule has 0 aliphatic carbocycles. The van der Waals surface area contributed by atoms with E-state index in [2.05, 4.69) is 26.5 Å². The highest BCUT2D eigenvalue weighted by Crippen LogP contribution is 2.09. The number of hydrogen-bond donors (Lipinski definition) is 1. The Morgan fingerprint density at radius 3 is 2.53 bits per heavy atom. The summed E-state index contributed by atoms with van der Waals surface area (Å²) in [5.74, 6) is -0.0551. The van der Waals surface area contributed by atoms with Gasteiger partial charge in [-0.1, -0.05) is 33.1 Å². The molecule has 2 nitrogen and oxygen atoms in total. The number of ether oxygens (including phenoxy) is 1. The summed E-state index contributed by atoms with van der Waals surface area (Å²) in [4.78, 5) is 11.2. The Labute approximate surface area is 99.2 Å². The summed E-state index contributed by atoms with van der Waals surface area (Å²) in [6.07, 6.45) is 6.88. The van der Waals surface area contributed by atoms with E-state index in [1.807, 2.05) is 0 Å². The van der Waals surface area contributed by atoms with Crippen LogP contribution in [0.5, 0.6) is 0 Å². The summed E-state index contributed by atoms with van der Waals surface area (Å²) in [6.45, 7) is 4.79. The van der Waals surface area contributed by atoms with E-state index >= 15 is 0 Å². The maximum atomic E-state index is 11.2. The molecule has 1 atom stereocenters. The standard InChI is InChI=1S/C12H24O2S/c1-3-5-6-8-12(13)14-10-9-11(15)7-4-2/h11,15H,3-10H2,1-2H3. The summed E-state index contributed by atoms with van der Waals surface area (Å²) >= 11 is 4.41. The third-order valence-corrected chi connectivity index (χ3v) is 2.84. The van der Waals surface area contributed by atoms with Crippen LogP contribution in [0.15, 0.2) is 0 Å². The second-order valence-corrected chi connectivity index (χ2v) is 4.64. The Balaban J connectivity index is 3.30. The van der Waals surface area contributed by atoms with Crippen molar-refractivity contribution in [1.29, 1.82) is 0 Å². The number of esters is 1. The number of rotatable bonds is 9. The molecule has 3 heteroatoms. The van der Waals surface area contributed by atoms with E-state index in [0.29, 0.717) is 18.3 Å². The minimum atomic E-state index is -0.0551. The summed E-state index contributed by atoms with van der Waals surface area (Å²) in [7, 11) is 0. The van der Waals surface area contributed by atoms with Gasteiger partial charge in [-0.25, -0.2) is 0 Å². The average molecular weight is 232 g/mol. The molecule has 0 aromatic rings. The maximum Gasteiger partial charge on any atom is 0.305 e. The lowest BCUT2D eigenvalue weighted by molar-refractivity contribution is -0.143. The number of hydrogen-bond acceptors (Lipinski definition) is 3. The fraction of sp³-hybridized carbons (Fsp3) is 0.917. The Bertz CT molecular complexity index is 160. The van der Waals surface area contributed by atoms with Crippen molar-refractivity contribution in [2.24, 2.45) is 0 Å². The first-order valence-electron chi connectivity index (χ1n) is 6.04. The molecule has 0 bridgehead atoms. The minimum Gasteiger partial charge on any atom is -0.466 e. The molecule has 0 rings (SSSR count). The summed E-state index contributed by atoms with van der Waals surface area (Å²) < 4.78 is 5.12. The second kappa shape index (κ2) is 10.3. The van der Waals surface area contributed by atoms with Crippen molar-refractivity contribution in [1.82, 2.24) is 0 Å². The highest BCUT2D eigenvalue weighted by molar-refractivity contribution is 7.80. The lowest BCUT2D eigenvalue weighted by Gasteiger charge is -2.09. The largest absolute Gasteiger partial charge is 0.466 e. The van der Waals surface area contributed by atoms with Gasteiger partial charge in [0.1, 0.15) is 0 Å². The molecule has 0 N–H and O–H groups in total. The van der Waals surface area contributed by atoms with Crippen LogP contribution in [0.3, 0.4) is 0 Å². The number of carbonyl (C=O) groups excluding carboxylic acids is 1. The average Bonchev–Trinajstić information content (AvgIpc) is 2.18. The van der Waals surface area contributed by atoms with Gasteiger partial charge in [0, 0.05) is 11.7 Å². The van der Waals surface area contributed by atoms with Crippen LogP contribution >= 0.6 is 12.6 Å². The van der Waals surface area contributed by atoms with E-state index in [4.69, 9.17) is 4.74 Å². The molecule has 0 saturated heterocycles. The van der Waals surface area contributed by atoms with Crippen molar-refractivity contribution in [3.05, 3.63) is 0 Å². The topological polar surface area (TPSA) is 26.3 Å². The van der Waals surface area contributed by atoms with Gasteiger partial charge in [0.2, 0.25) is 0 Å². The zero-order valence-corrected chi connectivity index (χ0v) is 10.9. The van der Waals surface area contributed by atoms with Crippen molar-refractivity contribution in [3.63, 3.8) is 0 Å². The van der Waals surface area contributed by atoms with E-state index in [0.717, 1.165) is 38.5 Å². The van der Waals surface area contributed by atoms with E-state index in [1.54, 1.807) is 0 Å². The van der Waals surface area contributed by atoms with Crippen LogP contribution in [0, 0.1) is 0 Å². The van der Waals surface area contributed by atoms with Gasteiger partial charge in [-0.2, -0.15) is 12.6 Å². The molecule has 0 aliphatic rings. The Morgan fingerprint density at radius 1 is 1.20 bits per heavy atom. The van der Waals surface area contributed by atoms with Crippen LogP contribution in [0.4, 0.5) is 0 Å². The van der Waals surface area contributed by atoms with Gasteiger partial charge in [-0.05, 0) is 19.3 Å². The van der Waals surface area contributed by atoms with Gasteiger partial charge in [0.15, 0.2) is 0 Å². The van der Waals surface area contributed by atoms with Crippen LogP contribution < -0.4 is 0 Å². The van der Waals surface area contributed by atoms with Crippen molar-refractivity contribution in [2.45, 2.75) is 64.0 Å². The molecule has 0 saturated carbocycles. The molecule has 0 fully saturated rings. The lowest BCUT2D eigenvalue weighted by atomic mass is 10.2. The third kappa shape index (κ3) is 10.1. The molecular weight excluding hydrogens is 208 g/mol. The summed E-state index contributed by atoms with van der Waals surface area (Å²) in [5.41, 5.74) is 0. The van der Waals surface area contributed by atoms with Gasteiger partial charge < -0.3 is 4.74 Å². The van der Waals surface area contributed by atoms with Crippen molar-refractivity contribution in [3.8, 4) is 0 Å². The summed E-state index contributed by atoms with van der Waals surface area (Å²) in [5, 5.41) is 0.374. The zero-order chi connectivity index (χ0) is 11.5. The molecule has 1 unspecified atom stereocenters. The minimum absolute atomic E-state index is 0.0551. The van der Waals surface area contributed by atoms with Crippen molar-refractivity contribution >= 4 is 18.6 Å². The van der Waals surface area contributed by atoms with Crippen LogP contribution in [0.2, 0.25) is 0 Å². The lowest BCUT2D eigenvalue weighted by Crippen LogP contribution is -2.09. The Kier molecular flexibility index (Phi) is 10.2. The first-order chi connectivity index (χ1) is 7.20. The van der Waals surface area contributed by atoms with Crippen LogP contribution in [0.25, 0.3) is 0 Å². The normalized spacial score (nSPS) is 12.5. The van der Waals surface area contributed by atoms with Crippen molar-refractivity contribution < 1.29 is 9.53 Å². The van der Waals surface area contributed by atoms with Crippen LogP contribution in [-0.2, 0) is 9.53 Å². The predicted octanol–water partition coefficient (Wildman–Crippen LogP) is 3.60. The molecule has 0 amide bonds. The molecule has 0 spiro atoms. The molecular formula is C12H24O2S. The molecule has 0 aliphatic heterocycles. The maximum absolute atomic E-state index is 11.2. The summed E-state index contributed by atoms with van der Waals surface area (Å²) in [6, 6.07) is 0. The quantitative estimate of drug-likeness (QED) is 0.373. The van der Waals surface area contributed by atoms with Gasteiger partial charge >= 0.3 is 5.97 Å². The molecule has 90 valence electrons. The third-order valence-electron chi connectivity index (χ3n) is 2.32. The van der Waals surface area contributed by atoms with Gasteiger partial charge in [0.25, 0.3) is 0 Å². The van der Waals surface area contributed by atoms with Gasteiger partial charge in [-0.3, -0.25) is 4.79 Å². The Morgan fingerprint density at radius 2 is 1.93 bits per heavy atom. The first-order valence-corrected chi connectivity index (χ1v) is 6.56. The SMILES string of the molecule is CCCCCC(=O)OCCC(S)CCC. The van der Waals surface area contributed by atoms with Gasteiger partial charge in [-0.15, -0.1) is 0 Å². The monoisotopic (exact) mass is 232 g/mol. The molecule has 0 radical (unpaired) electrons. The van der Waals surface area contributed by atoms with Crippen molar-refractivity contribution in [2.75, 3.05) is 6.61 Å². The van der Waals surface area contributed by atoms with E-state index < -0.39 is 0 Å². The highest BCUT2D eigenvalue weighted by Gasteiger charge is 2.05. The Hall–Kier alpha value is -0.180. The number of unbranched alkanes of at least 4 members (excludes halogenated alkanes) is 2. The first kappa shape index (κ1) is 14.8. The molecule has 15 heavy (non-hydrogen) atoms. The number of carbonyl (C=O) groups is 1. The van der Waals surface area contributed by atoms with Crippen LogP contribution in [-0.4, -0.2) is 17.8 Å². The van der Waals surface area contributed by atoms with Gasteiger partial charge in [0.05, 0.1) is 6.61 Å². The highest BCUT2D eigenvalue weighted by atomic mass is 32.1. The zero-order valence-electron chi connectivity index (χ0n) is 10.00. The fourth-order valence-electron chi connectivity index (χ4n) is 1.38. The predicted molar refractivity (Wildman–Crippen MR) is 67.4 cm³/mol. The molecule has 0 heterocycles. The second-order valence-electron chi connectivity index (χ2n) is 3.91. The fourth-order valence-corrected chi connectivity index (χ4v) is 1.74. The molecule has 0 aromatic heterocycles. The van der Waals surface area contributed by atoms with E-state index in [1.165, 1.54) is 0 Å².